The van der Waals surface area contributed by atoms with Crippen molar-refractivity contribution in [2.24, 2.45) is 5.41 Å². The highest BCUT2D eigenvalue weighted by Crippen LogP contribution is 2.44. The smallest absolute Gasteiger partial charge is 0.0597 e. The van der Waals surface area contributed by atoms with E-state index >= 15 is 0 Å². The van der Waals surface area contributed by atoms with E-state index in [1.165, 1.54) is 25.7 Å². The lowest BCUT2D eigenvalue weighted by Gasteiger charge is -2.36. The van der Waals surface area contributed by atoms with Crippen molar-refractivity contribution in [2.45, 2.75) is 38.2 Å². The monoisotopic (exact) mass is 155 g/mol. The highest BCUT2D eigenvalue weighted by Gasteiger charge is 2.42. The fourth-order valence-corrected chi connectivity index (χ4v) is 2.63. The molecular formula is C9H17NO. The van der Waals surface area contributed by atoms with Gasteiger partial charge < -0.3 is 10.4 Å². The van der Waals surface area contributed by atoms with E-state index in [1.54, 1.807) is 0 Å². The summed E-state index contributed by atoms with van der Waals surface area (Å²) < 4.78 is 0. The summed E-state index contributed by atoms with van der Waals surface area (Å²) in [6.07, 6.45) is 5.92. The first-order valence-electron chi connectivity index (χ1n) is 4.72. The second kappa shape index (κ2) is 2.76. The summed E-state index contributed by atoms with van der Waals surface area (Å²) in [5.41, 5.74) is 0.325. The zero-order valence-corrected chi connectivity index (χ0v) is 6.97. The van der Waals surface area contributed by atoms with Gasteiger partial charge in [0.05, 0.1) is 6.10 Å². The lowest BCUT2D eigenvalue weighted by molar-refractivity contribution is 0.0286. The Labute approximate surface area is 68.0 Å². The highest BCUT2D eigenvalue weighted by atomic mass is 16.3. The van der Waals surface area contributed by atoms with E-state index in [2.05, 4.69) is 5.32 Å². The molecule has 2 nitrogen and oxygen atoms in total. The Kier molecular flexibility index (Phi) is 1.90. The van der Waals surface area contributed by atoms with Gasteiger partial charge in [0.15, 0.2) is 0 Å². The lowest BCUT2D eigenvalue weighted by Crippen LogP contribution is -2.41. The van der Waals surface area contributed by atoms with Crippen molar-refractivity contribution in [3.05, 3.63) is 0 Å². The quantitative estimate of drug-likeness (QED) is 0.545. The van der Waals surface area contributed by atoms with Gasteiger partial charge in [0.2, 0.25) is 0 Å². The molecule has 0 aromatic carbocycles. The van der Waals surface area contributed by atoms with Crippen LogP contribution in [0.25, 0.3) is 0 Å². The number of nitrogens with one attached hydrogen (secondary N) is 1. The van der Waals surface area contributed by atoms with Crippen LogP contribution in [0.3, 0.4) is 0 Å². The Hall–Kier alpha value is -0.0800. The molecule has 1 aliphatic heterocycles. The second-order valence-corrected chi connectivity index (χ2v) is 4.02. The number of aliphatic hydroxyl groups excluding tert-OH is 1. The molecule has 2 N–H and O–H groups in total. The summed E-state index contributed by atoms with van der Waals surface area (Å²) in [5, 5.41) is 13.1. The summed E-state index contributed by atoms with van der Waals surface area (Å²) in [7, 11) is 0. The largest absolute Gasteiger partial charge is 0.393 e. The van der Waals surface area contributed by atoms with Crippen molar-refractivity contribution in [1.29, 1.82) is 0 Å². The molecule has 2 heteroatoms. The SMILES string of the molecule is O[C@@H]1CCCC12CCNCC2. The number of hydrogen-bond acceptors (Lipinski definition) is 2. The highest BCUT2D eigenvalue weighted by molar-refractivity contribution is 4.94. The maximum absolute atomic E-state index is 9.78. The van der Waals surface area contributed by atoms with Crippen LogP contribution >= 0.6 is 0 Å². The molecule has 2 fully saturated rings. The van der Waals surface area contributed by atoms with E-state index in [0.29, 0.717) is 5.41 Å². The molecule has 0 bridgehead atoms. The molecule has 1 saturated carbocycles. The first kappa shape index (κ1) is 7.56. The third-order valence-corrected chi connectivity index (χ3v) is 3.46. The standard InChI is InChI=1S/C9H17NO/c11-8-2-1-3-9(8)4-6-10-7-5-9/h8,10-11H,1-7H2/t8-/m1/s1. The van der Waals surface area contributed by atoms with Crippen molar-refractivity contribution in [1.82, 2.24) is 5.32 Å². The lowest BCUT2D eigenvalue weighted by atomic mass is 9.76. The summed E-state index contributed by atoms with van der Waals surface area (Å²) in [5.74, 6) is 0. The molecule has 64 valence electrons. The van der Waals surface area contributed by atoms with Gasteiger partial charge in [-0.1, -0.05) is 6.42 Å². The molecule has 11 heavy (non-hydrogen) atoms. The molecule has 2 aliphatic rings. The summed E-state index contributed by atoms with van der Waals surface area (Å²) in [4.78, 5) is 0. The Morgan fingerprint density at radius 3 is 2.45 bits per heavy atom. The molecule has 0 unspecified atom stereocenters. The summed E-state index contributed by atoms with van der Waals surface area (Å²) in [6, 6.07) is 0. The molecule has 1 aliphatic carbocycles. The fraction of sp³-hybridized carbons (Fsp3) is 1.00. The summed E-state index contributed by atoms with van der Waals surface area (Å²) in [6.45, 7) is 2.22. The molecule has 1 spiro atoms. The van der Waals surface area contributed by atoms with Crippen LogP contribution < -0.4 is 5.32 Å². The van der Waals surface area contributed by atoms with Crippen molar-refractivity contribution in [3.8, 4) is 0 Å². The second-order valence-electron chi connectivity index (χ2n) is 4.02. The minimum absolute atomic E-state index is 0.00426. The molecule has 0 radical (unpaired) electrons. The number of piperidine rings is 1. The van der Waals surface area contributed by atoms with E-state index in [9.17, 15) is 5.11 Å². The average molecular weight is 155 g/mol. The molecular weight excluding hydrogens is 138 g/mol. The van der Waals surface area contributed by atoms with Crippen molar-refractivity contribution >= 4 is 0 Å². The van der Waals surface area contributed by atoms with Gasteiger partial charge >= 0.3 is 0 Å². The molecule has 1 saturated heterocycles. The van der Waals surface area contributed by atoms with Gasteiger partial charge in [0.25, 0.3) is 0 Å². The zero-order valence-electron chi connectivity index (χ0n) is 6.97. The normalized spacial score (nSPS) is 36.3. The van der Waals surface area contributed by atoms with E-state index in [-0.39, 0.29) is 6.10 Å². The van der Waals surface area contributed by atoms with Crippen molar-refractivity contribution < 1.29 is 5.11 Å². The first-order valence-corrected chi connectivity index (χ1v) is 4.72. The predicted octanol–water partition coefficient (Wildman–Crippen LogP) is 0.901. The molecule has 1 heterocycles. The van der Waals surface area contributed by atoms with Crippen molar-refractivity contribution in [2.75, 3.05) is 13.1 Å². The van der Waals surface area contributed by atoms with Gasteiger partial charge in [0, 0.05) is 0 Å². The fourth-order valence-electron chi connectivity index (χ4n) is 2.63. The van der Waals surface area contributed by atoms with Gasteiger partial charge in [-0.25, -0.2) is 0 Å². The van der Waals surface area contributed by atoms with Crippen LogP contribution in [0.4, 0.5) is 0 Å². The Morgan fingerprint density at radius 2 is 1.91 bits per heavy atom. The summed E-state index contributed by atoms with van der Waals surface area (Å²) >= 11 is 0. The van der Waals surface area contributed by atoms with Gasteiger partial charge in [0.1, 0.15) is 0 Å². The number of aliphatic hydroxyl groups is 1. The molecule has 2 rings (SSSR count). The average Bonchev–Trinajstić information content (AvgIpc) is 2.36. The number of rotatable bonds is 0. The Balaban J connectivity index is 2.06. The van der Waals surface area contributed by atoms with E-state index in [4.69, 9.17) is 0 Å². The third-order valence-electron chi connectivity index (χ3n) is 3.46. The predicted molar refractivity (Wildman–Crippen MR) is 44.4 cm³/mol. The minimum Gasteiger partial charge on any atom is -0.393 e. The Morgan fingerprint density at radius 1 is 1.18 bits per heavy atom. The van der Waals surface area contributed by atoms with Gasteiger partial charge in [-0.2, -0.15) is 0 Å². The van der Waals surface area contributed by atoms with Crippen LogP contribution in [-0.4, -0.2) is 24.3 Å². The molecule has 0 amide bonds. The van der Waals surface area contributed by atoms with Crippen LogP contribution in [0.1, 0.15) is 32.1 Å². The number of hydrogen-bond donors (Lipinski definition) is 2. The van der Waals surface area contributed by atoms with Crippen LogP contribution in [0.15, 0.2) is 0 Å². The van der Waals surface area contributed by atoms with E-state index in [0.717, 1.165) is 19.5 Å². The van der Waals surface area contributed by atoms with Gasteiger partial charge in [-0.05, 0) is 44.2 Å². The van der Waals surface area contributed by atoms with Crippen LogP contribution in [-0.2, 0) is 0 Å². The minimum atomic E-state index is 0.00426. The van der Waals surface area contributed by atoms with Crippen LogP contribution in [0, 0.1) is 5.41 Å². The first-order chi connectivity index (χ1) is 5.33. The maximum Gasteiger partial charge on any atom is 0.0597 e. The topological polar surface area (TPSA) is 32.3 Å². The van der Waals surface area contributed by atoms with Crippen LogP contribution in [0.2, 0.25) is 0 Å². The molecule has 0 aromatic heterocycles. The van der Waals surface area contributed by atoms with Crippen LogP contribution in [0.5, 0.6) is 0 Å². The van der Waals surface area contributed by atoms with E-state index in [1.807, 2.05) is 0 Å². The molecule has 1 atom stereocenters. The van der Waals surface area contributed by atoms with Crippen molar-refractivity contribution in [3.63, 3.8) is 0 Å². The molecule has 0 aromatic rings. The maximum atomic E-state index is 9.78. The zero-order chi connectivity index (χ0) is 7.73. The van der Waals surface area contributed by atoms with Gasteiger partial charge in [-0.3, -0.25) is 0 Å². The van der Waals surface area contributed by atoms with Gasteiger partial charge in [-0.15, -0.1) is 0 Å². The van der Waals surface area contributed by atoms with E-state index < -0.39 is 0 Å². The Bertz CT molecular complexity index is 140. The third kappa shape index (κ3) is 1.18.